The lowest BCUT2D eigenvalue weighted by Crippen LogP contribution is -2.44. The van der Waals surface area contributed by atoms with Crippen molar-refractivity contribution in [3.63, 3.8) is 0 Å². The lowest BCUT2D eigenvalue weighted by molar-refractivity contribution is -0.143. The van der Waals surface area contributed by atoms with Crippen molar-refractivity contribution < 1.29 is 19.5 Å². The number of benzene rings is 1. The summed E-state index contributed by atoms with van der Waals surface area (Å²) in [5.74, 6) is -1.96. The molecule has 0 radical (unpaired) electrons. The zero-order valence-corrected chi connectivity index (χ0v) is 12.5. The molecule has 22 heavy (non-hydrogen) atoms. The Morgan fingerprint density at radius 3 is 2.64 bits per heavy atom. The third-order valence-electron chi connectivity index (χ3n) is 3.97. The van der Waals surface area contributed by atoms with E-state index in [1.165, 1.54) is 4.90 Å². The first-order chi connectivity index (χ1) is 10.5. The van der Waals surface area contributed by atoms with Crippen molar-refractivity contribution in [2.45, 2.75) is 44.7 Å². The van der Waals surface area contributed by atoms with Gasteiger partial charge in [-0.25, -0.2) is 4.79 Å². The van der Waals surface area contributed by atoms with Gasteiger partial charge in [0.25, 0.3) is 5.91 Å². The summed E-state index contributed by atoms with van der Waals surface area (Å²) in [7, 11) is 0. The summed E-state index contributed by atoms with van der Waals surface area (Å²) in [6.07, 6.45) is 1.48. The van der Waals surface area contributed by atoms with Crippen LogP contribution in [-0.2, 0) is 9.59 Å². The molecule has 2 atom stereocenters. The van der Waals surface area contributed by atoms with Gasteiger partial charge in [-0.1, -0.05) is 31.5 Å². The maximum atomic E-state index is 12.6. The van der Waals surface area contributed by atoms with Crippen LogP contribution < -0.4 is 5.73 Å². The van der Waals surface area contributed by atoms with Gasteiger partial charge in [0.2, 0.25) is 5.91 Å². The second-order valence-corrected chi connectivity index (χ2v) is 5.46. The molecule has 1 aromatic carbocycles. The van der Waals surface area contributed by atoms with Crippen molar-refractivity contribution in [1.82, 2.24) is 4.90 Å². The zero-order valence-electron chi connectivity index (χ0n) is 12.5. The molecule has 6 nitrogen and oxygen atoms in total. The summed E-state index contributed by atoms with van der Waals surface area (Å²) >= 11 is 0. The molecular weight excluding hydrogens is 284 g/mol. The number of carboxylic acids is 1. The van der Waals surface area contributed by atoms with Crippen LogP contribution in [0.5, 0.6) is 0 Å². The number of carbonyl (C=O) groups excluding carboxylic acids is 2. The third kappa shape index (κ3) is 2.95. The molecule has 0 saturated carbocycles. The van der Waals surface area contributed by atoms with Crippen LogP contribution in [0.1, 0.15) is 54.6 Å². The van der Waals surface area contributed by atoms with Crippen molar-refractivity contribution in [1.29, 1.82) is 0 Å². The second-order valence-electron chi connectivity index (χ2n) is 5.46. The minimum absolute atomic E-state index is 0.0324. The van der Waals surface area contributed by atoms with Gasteiger partial charge >= 0.3 is 5.97 Å². The highest BCUT2D eigenvalue weighted by Gasteiger charge is 2.42. The SMILES string of the molecule is CCCC1c2ccccc2C(=O)N1C(CCC(N)=O)C(=O)O. The molecule has 2 unspecified atom stereocenters. The molecule has 0 aliphatic carbocycles. The predicted octanol–water partition coefficient (Wildman–Crippen LogP) is 1.70. The Kier molecular flexibility index (Phi) is 4.80. The zero-order chi connectivity index (χ0) is 16.3. The van der Waals surface area contributed by atoms with Gasteiger partial charge in [0, 0.05) is 12.0 Å². The number of nitrogens with two attached hydrogens (primary N) is 1. The van der Waals surface area contributed by atoms with E-state index < -0.39 is 17.9 Å². The Hall–Kier alpha value is -2.37. The number of nitrogens with zero attached hydrogens (tertiary/aromatic N) is 1. The van der Waals surface area contributed by atoms with E-state index in [4.69, 9.17) is 5.73 Å². The van der Waals surface area contributed by atoms with Crippen molar-refractivity contribution in [2.24, 2.45) is 5.73 Å². The number of primary amides is 1. The maximum Gasteiger partial charge on any atom is 0.326 e. The van der Waals surface area contributed by atoms with Gasteiger partial charge in [-0.2, -0.15) is 0 Å². The molecule has 6 heteroatoms. The molecule has 1 aliphatic heterocycles. The smallest absolute Gasteiger partial charge is 0.326 e. The molecule has 2 rings (SSSR count). The van der Waals surface area contributed by atoms with Gasteiger partial charge in [-0.15, -0.1) is 0 Å². The van der Waals surface area contributed by atoms with E-state index in [0.29, 0.717) is 12.0 Å². The first-order valence-corrected chi connectivity index (χ1v) is 7.40. The minimum atomic E-state index is -1.11. The van der Waals surface area contributed by atoms with Gasteiger partial charge in [0.05, 0.1) is 6.04 Å². The number of hydrogen-bond acceptors (Lipinski definition) is 3. The lowest BCUT2D eigenvalue weighted by Gasteiger charge is -2.30. The van der Waals surface area contributed by atoms with E-state index in [1.807, 2.05) is 19.1 Å². The van der Waals surface area contributed by atoms with Gasteiger partial charge in [0.15, 0.2) is 0 Å². The number of aliphatic carboxylic acids is 1. The number of carbonyl (C=O) groups is 3. The molecule has 0 aromatic heterocycles. The Balaban J connectivity index is 2.36. The van der Waals surface area contributed by atoms with Crippen LogP contribution in [0, 0.1) is 0 Å². The molecule has 0 bridgehead atoms. The highest BCUT2D eigenvalue weighted by molar-refractivity contribution is 6.01. The van der Waals surface area contributed by atoms with Crippen LogP contribution in [0.15, 0.2) is 24.3 Å². The van der Waals surface area contributed by atoms with Crippen LogP contribution in [-0.4, -0.2) is 33.8 Å². The van der Waals surface area contributed by atoms with Crippen molar-refractivity contribution in [3.8, 4) is 0 Å². The minimum Gasteiger partial charge on any atom is -0.480 e. The Bertz CT molecular complexity index is 600. The van der Waals surface area contributed by atoms with E-state index in [1.54, 1.807) is 12.1 Å². The maximum absolute atomic E-state index is 12.6. The number of rotatable bonds is 7. The summed E-state index contributed by atoms with van der Waals surface area (Å²) in [6, 6.07) is 5.89. The topological polar surface area (TPSA) is 101 Å². The fraction of sp³-hybridized carbons (Fsp3) is 0.438. The molecular formula is C16H20N2O4. The Morgan fingerprint density at radius 2 is 2.05 bits per heavy atom. The highest BCUT2D eigenvalue weighted by atomic mass is 16.4. The average molecular weight is 304 g/mol. The number of fused-ring (bicyclic) bond motifs is 1. The summed E-state index contributed by atoms with van der Waals surface area (Å²) in [4.78, 5) is 36.6. The van der Waals surface area contributed by atoms with E-state index in [-0.39, 0.29) is 24.8 Å². The molecule has 118 valence electrons. The van der Waals surface area contributed by atoms with Crippen LogP contribution in [0.4, 0.5) is 0 Å². The average Bonchev–Trinajstić information content (AvgIpc) is 2.74. The number of amides is 2. The van der Waals surface area contributed by atoms with Gasteiger partial charge in [-0.3, -0.25) is 9.59 Å². The molecule has 1 aromatic rings. The summed E-state index contributed by atoms with van der Waals surface area (Å²) < 4.78 is 0. The molecule has 0 saturated heterocycles. The summed E-state index contributed by atoms with van der Waals surface area (Å²) in [5, 5.41) is 9.48. The summed E-state index contributed by atoms with van der Waals surface area (Å²) in [5.41, 5.74) is 6.52. The molecule has 0 spiro atoms. The predicted molar refractivity (Wildman–Crippen MR) is 80.1 cm³/mol. The molecule has 3 N–H and O–H groups in total. The summed E-state index contributed by atoms with van der Waals surface area (Å²) in [6.45, 7) is 1.99. The van der Waals surface area contributed by atoms with Crippen LogP contribution in [0.3, 0.4) is 0 Å². The quantitative estimate of drug-likeness (QED) is 0.800. The van der Waals surface area contributed by atoms with E-state index in [9.17, 15) is 19.5 Å². The Labute approximate surface area is 128 Å². The molecule has 2 amide bonds. The molecule has 1 heterocycles. The highest BCUT2D eigenvalue weighted by Crippen LogP contribution is 2.38. The van der Waals surface area contributed by atoms with Crippen LogP contribution in [0.2, 0.25) is 0 Å². The first kappa shape index (κ1) is 16.0. The van der Waals surface area contributed by atoms with Gasteiger partial charge in [-0.05, 0) is 24.5 Å². The number of carboxylic acid groups (broad SMARTS) is 1. The van der Waals surface area contributed by atoms with Crippen LogP contribution in [0.25, 0.3) is 0 Å². The normalized spacial score (nSPS) is 18.1. The van der Waals surface area contributed by atoms with Crippen molar-refractivity contribution in [3.05, 3.63) is 35.4 Å². The largest absolute Gasteiger partial charge is 0.480 e. The van der Waals surface area contributed by atoms with E-state index in [0.717, 1.165) is 12.0 Å². The van der Waals surface area contributed by atoms with Gasteiger partial charge in [0.1, 0.15) is 6.04 Å². The van der Waals surface area contributed by atoms with E-state index >= 15 is 0 Å². The second kappa shape index (κ2) is 6.60. The molecule has 1 aliphatic rings. The molecule has 0 fully saturated rings. The van der Waals surface area contributed by atoms with Crippen LogP contribution >= 0.6 is 0 Å². The lowest BCUT2D eigenvalue weighted by atomic mass is 10.00. The Morgan fingerprint density at radius 1 is 1.36 bits per heavy atom. The number of hydrogen-bond donors (Lipinski definition) is 2. The fourth-order valence-electron chi connectivity index (χ4n) is 3.00. The van der Waals surface area contributed by atoms with Crippen molar-refractivity contribution in [2.75, 3.05) is 0 Å². The monoisotopic (exact) mass is 304 g/mol. The standard InChI is InChI=1S/C16H20N2O4/c1-2-5-12-10-6-3-4-7-11(10)15(20)18(12)13(16(21)22)8-9-14(17)19/h3-4,6-7,12-13H,2,5,8-9H2,1H3,(H2,17,19)(H,21,22). The third-order valence-corrected chi connectivity index (χ3v) is 3.97. The van der Waals surface area contributed by atoms with Gasteiger partial charge < -0.3 is 15.7 Å². The first-order valence-electron chi connectivity index (χ1n) is 7.40. The fourth-order valence-corrected chi connectivity index (χ4v) is 3.00. The van der Waals surface area contributed by atoms with E-state index in [2.05, 4.69) is 0 Å². The van der Waals surface area contributed by atoms with Crippen molar-refractivity contribution >= 4 is 17.8 Å².